The fourth-order valence-electron chi connectivity index (χ4n) is 0. The summed E-state index contributed by atoms with van der Waals surface area (Å²) in [6.45, 7) is 6.50. The average Bonchev–Trinajstić information content (AvgIpc) is 0.918. The van der Waals surface area contributed by atoms with Crippen molar-refractivity contribution in [3.63, 3.8) is 0 Å². The van der Waals surface area contributed by atoms with E-state index in [1.54, 1.807) is 0 Å². The van der Waals surface area contributed by atoms with Crippen LogP contribution in [0.4, 0.5) is 0 Å². The molecule has 1 heteroatoms. The molecule has 0 aliphatic rings. The molecule has 4 heavy (non-hydrogen) atoms. The molecule has 0 saturated heterocycles. The van der Waals surface area contributed by atoms with Crippen molar-refractivity contribution in [3.05, 3.63) is 19.6 Å². The Bertz CT molecular complexity index is 14.4. The van der Waals surface area contributed by atoms with Gasteiger partial charge in [0.15, 0.2) is 0 Å². The summed E-state index contributed by atoms with van der Waals surface area (Å²) in [5.74, 6) is 0. The van der Waals surface area contributed by atoms with Crippen LogP contribution in [-0.2, 0) is 19.5 Å². The molecular formula is C3H7Zn-. The zero-order valence-electron chi connectivity index (χ0n) is 2.70. The first kappa shape index (κ1) is 8.87. The number of hydrogen-bond donors (Lipinski definition) is 0. The number of allylic oxidation sites excluding steroid dienone is 1. The molecule has 0 rings (SSSR count). The van der Waals surface area contributed by atoms with Crippen LogP contribution in [-0.4, -0.2) is 0 Å². The van der Waals surface area contributed by atoms with Crippen LogP contribution in [0.15, 0.2) is 12.7 Å². The zero-order valence-corrected chi connectivity index (χ0v) is 5.67. The van der Waals surface area contributed by atoms with Gasteiger partial charge in [-0.15, -0.1) is 0 Å². The van der Waals surface area contributed by atoms with E-state index in [0.717, 1.165) is 0 Å². The van der Waals surface area contributed by atoms with Crippen molar-refractivity contribution in [2.75, 3.05) is 0 Å². The van der Waals surface area contributed by atoms with E-state index in [1.807, 2.05) is 0 Å². The predicted molar refractivity (Wildman–Crippen MR) is 17.7 cm³/mol. The molecule has 0 aromatic carbocycles. The van der Waals surface area contributed by atoms with Crippen LogP contribution >= 0.6 is 0 Å². The Labute approximate surface area is 41.1 Å². The molecule has 0 amide bonds. The zero-order chi connectivity index (χ0) is 2.71. The Morgan fingerprint density at radius 3 is 2.00 bits per heavy atom. The minimum Gasteiger partial charge on any atom is -0.245 e. The van der Waals surface area contributed by atoms with Gasteiger partial charge in [-0.3, -0.25) is 0 Å². The standard InChI is InChI=1S/C3H5.Zn.H2/c1-3-2;;/h3H,1-2H2;;1H/q-1;;. The summed E-state index contributed by atoms with van der Waals surface area (Å²) >= 11 is 0. The first-order valence-electron chi connectivity index (χ1n) is 0.816. The van der Waals surface area contributed by atoms with Crippen LogP contribution < -0.4 is 0 Å². The molecule has 0 fully saturated rings. The van der Waals surface area contributed by atoms with E-state index in [0.29, 0.717) is 0 Å². The van der Waals surface area contributed by atoms with Gasteiger partial charge in [-0.25, -0.2) is 19.6 Å². The molecule has 0 atom stereocenters. The fraction of sp³-hybridized carbons (Fsp3) is 0. The van der Waals surface area contributed by atoms with Crippen molar-refractivity contribution >= 4 is 0 Å². The molecule has 0 aromatic heterocycles. The van der Waals surface area contributed by atoms with Crippen LogP contribution in [0.2, 0.25) is 0 Å². The van der Waals surface area contributed by atoms with Gasteiger partial charge in [0.1, 0.15) is 0 Å². The van der Waals surface area contributed by atoms with Crippen molar-refractivity contribution < 1.29 is 20.9 Å². The molecule has 22 valence electrons. The molecule has 0 nitrogen and oxygen atoms in total. The minimum atomic E-state index is 0. The van der Waals surface area contributed by atoms with E-state index in [-0.39, 0.29) is 20.9 Å². The second-order valence-corrected chi connectivity index (χ2v) is 0.289. The molecule has 0 bridgehead atoms. The van der Waals surface area contributed by atoms with E-state index in [4.69, 9.17) is 0 Å². The molecule has 0 saturated carbocycles. The number of rotatable bonds is 0. The topological polar surface area (TPSA) is 0 Å². The second kappa shape index (κ2) is 10.6. The summed E-state index contributed by atoms with van der Waals surface area (Å²) in [6, 6.07) is 0. The minimum absolute atomic E-state index is 0. The molecule has 0 heterocycles. The third-order valence-corrected chi connectivity index (χ3v) is 0. The summed E-state index contributed by atoms with van der Waals surface area (Å²) in [5, 5.41) is 0. The van der Waals surface area contributed by atoms with Gasteiger partial charge in [-0.05, 0) is 0 Å². The van der Waals surface area contributed by atoms with E-state index in [1.165, 1.54) is 6.08 Å². The van der Waals surface area contributed by atoms with Crippen LogP contribution in [0.5, 0.6) is 0 Å². The monoisotopic (exact) mass is 107 g/mol. The maximum Gasteiger partial charge on any atom is 0 e. The maximum absolute atomic E-state index is 3.25. The van der Waals surface area contributed by atoms with Crippen molar-refractivity contribution in [1.29, 1.82) is 0 Å². The summed E-state index contributed by atoms with van der Waals surface area (Å²) in [5.41, 5.74) is 0. The predicted octanol–water partition coefficient (Wildman–Crippen LogP) is 1.25. The van der Waals surface area contributed by atoms with Gasteiger partial charge in [0.05, 0.1) is 0 Å². The van der Waals surface area contributed by atoms with Gasteiger partial charge < -0.3 is 0 Å². The van der Waals surface area contributed by atoms with Gasteiger partial charge in [0, 0.05) is 20.9 Å². The SMILES string of the molecule is C=C[CH2-].[HH].[Zn]. The van der Waals surface area contributed by atoms with Crippen LogP contribution in [0.1, 0.15) is 1.43 Å². The summed E-state index contributed by atoms with van der Waals surface area (Å²) in [4.78, 5) is 0. The smallest absolute Gasteiger partial charge is 0 e. The largest absolute Gasteiger partial charge is 0.245 e. The fourth-order valence-corrected chi connectivity index (χ4v) is 0. The van der Waals surface area contributed by atoms with Crippen LogP contribution in [0.25, 0.3) is 0 Å². The summed E-state index contributed by atoms with van der Waals surface area (Å²) in [6.07, 6.45) is 1.50. The van der Waals surface area contributed by atoms with Gasteiger partial charge in [-0.2, -0.15) is 0 Å². The third kappa shape index (κ3) is 62.4. The molecule has 0 unspecified atom stereocenters. The van der Waals surface area contributed by atoms with Crippen LogP contribution in [0, 0.1) is 6.92 Å². The van der Waals surface area contributed by atoms with E-state index >= 15 is 0 Å². The van der Waals surface area contributed by atoms with Crippen LogP contribution in [0.3, 0.4) is 0 Å². The van der Waals surface area contributed by atoms with Crippen molar-refractivity contribution in [3.8, 4) is 0 Å². The Balaban J connectivity index is -0.0000000200. The average molecular weight is 108 g/mol. The number of hydrogen-bond acceptors (Lipinski definition) is 0. The molecule has 0 aliphatic carbocycles. The first-order chi connectivity index (χ1) is 1.41. The molecule has 0 spiro atoms. The van der Waals surface area contributed by atoms with E-state index in [2.05, 4.69) is 13.5 Å². The van der Waals surface area contributed by atoms with Gasteiger partial charge in [0.2, 0.25) is 0 Å². The second-order valence-electron chi connectivity index (χ2n) is 0.289. The Morgan fingerprint density at radius 1 is 2.00 bits per heavy atom. The summed E-state index contributed by atoms with van der Waals surface area (Å²) < 4.78 is 0. The molecular weight excluding hydrogens is 101 g/mol. The molecule has 0 aromatic rings. The van der Waals surface area contributed by atoms with Crippen molar-refractivity contribution in [1.82, 2.24) is 0 Å². The van der Waals surface area contributed by atoms with E-state index < -0.39 is 0 Å². The Hall–Kier alpha value is 0.233. The van der Waals surface area contributed by atoms with Crippen molar-refractivity contribution in [2.45, 2.75) is 0 Å². The molecule has 0 aliphatic heterocycles. The van der Waals surface area contributed by atoms with E-state index in [9.17, 15) is 0 Å². The molecule has 0 N–H and O–H groups in total. The van der Waals surface area contributed by atoms with Gasteiger partial charge >= 0.3 is 0 Å². The van der Waals surface area contributed by atoms with Gasteiger partial charge in [-0.1, -0.05) is 0 Å². The quantitative estimate of drug-likeness (QED) is 0.324. The van der Waals surface area contributed by atoms with Crippen molar-refractivity contribution in [2.24, 2.45) is 0 Å². The first-order valence-corrected chi connectivity index (χ1v) is 0.816. The maximum atomic E-state index is 3.25. The van der Waals surface area contributed by atoms with Gasteiger partial charge in [0.25, 0.3) is 0 Å². The Morgan fingerprint density at radius 2 is 2.00 bits per heavy atom. The summed E-state index contributed by atoms with van der Waals surface area (Å²) in [7, 11) is 0. The Kier molecular flexibility index (Phi) is 23.5. The normalized spacial score (nSPS) is 3.00. The third-order valence-electron chi connectivity index (χ3n) is 0. The molecule has 0 radical (unpaired) electrons.